The van der Waals surface area contributed by atoms with E-state index in [9.17, 15) is 18.4 Å². The van der Waals surface area contributed by atoms with Gasteiger partial charge in [0.25, 0.3) is 5.56 Å². The lowest BCUT2D eigenvalue weighted by atomic mass is 10.2. The highest BCUT2D eigenvalue weighted by atomic mass is 19.3. The van der Waals surface area contributed by atoms with Crippen molar-refractivity contribution in [2.75, 3.05) is 11.9 Å². The summed E-state index contributed by atoms with van der Waals surface area (Å²) in [6.07, 6.45) is 3.86. The second-order valence-corrected chi connectivity index (χ2v) is 4.68. The Morgan fingerprint density at radius 3 is 2.73 bits per heavy atom. The van der Waals surface area contributed by atoms with Gasteiger partial charge >= 0.3 is 5.92 Å². The fourth-order valence-electron chi connectivity index (χ4n) is 1.80. The Morgan fingerprint density at radius 1 is 1.32 bits per heavy atom. The predicted octanol–water partition coefficient (Wildman–Crippen LogP) is 1.43. The summed E-state index contributed by atoms with van der Waals surface area (Å²) in [5, 5.41) is 2.32. The van der Waals surface area contributed by atoms with Gasteiger partial charge < -0.3 is 9.88 Å². The third kappa shape index (κ3) is 3.72. The molecular formula is C14H14F2N4O2. The first-order chi connectivity index (χ1) is 10.4. The van der Waals surface area contributed by atoms with E-state index in [4.69, 9.17) is 0 Å². The summed E-state index contributed by atoms with van der Waals surface area (Å²) in [6.45, 7) is 0.373. The minimum Gasteiger partial charge on any atom is -0.359 e. The summed E-state index contributed by atoms with van der Waals surface area (Å²) in [6, 6.07) is 4.19. The molecule has 8 heteroatoms. The number of hydrogen-bond acceptors (Lipinski definition) is 5. The Labute approximate surface area is 124 Å². The van der Waals surface area contributed by atoms with E-state index >= 15 is 0 Å². The molecule has 0 radical (unpaired) electrons. The van der Waals surface area contributed by atoms with Crippen molar-refractivity contribution >= 4 is 11.6 Å². The zero-order chi connectivity index (χ0) is 16.2. The Kier molecular flexibility index (Phi) is 4.59. The van der Waals surface area contributed by atoms with Gasteiger partial charge in [-0.05, 0) is 19.1 Å². The van der Waals surface area contributed by atoms with Gasteiger partial charge in [-0.25, -0.2) is 4.98 Å². The van der Waals surface area contributed by atoms with Crippen LogP contribution < -0.4 is 10.9 Å². The van der Waals surface area contributed by atoms with Crippen LogP contribution in [0.25, 0.3) is 0 Å². The number of halogens is 2. The number of aromatic nitrogens is 3. The lowest BCUT2D eigenvalue weighted by Crippen LogP contribution is -2.31. The molecule has 116 valence electrons. The molecule has 0 amide bonds. The average molecular weight is 308 g/mol. The highest BCUT2D eigenvalue weighted by Gasteiger charge is 2.33. The lowest BCUT2D eigenvalue weighted by molar-refractivity contribution is -0.117. The minimum atomic E-state index is -3.25. The standard InChI is InChI=1S/C14H14F2N4O2/c1-10(21)8-20-7-6-18-12(13(20)22)19-9-14(15,16)11-4-2-3-5-17-11/h2-7H,8-9H2,1H3,(H,18,19). The van der Waals surface area contributed by atoms with E-state index in [1.54, 1.807) is 0 Å². The van der Waals surface area contributed by atoms with E-state index in [-0.39, 0.29) is 18.1 Å². The fourth-order valence-corrected chi connectivity index (χ4v) is 1.80. The molecule has 0 aliphatic heterocycles. The Bertz CT molecular complexity index is 716. The molecule has 2 aromatic rings. The van der Waals surface area contributed by atoms with E-state index in [2.05, 4.69) is 15.3 Å². The summed E-state index contributed by atoms with van der Waals surface area (Å²) in [5.74, 6) is -3.71. The van der Waals surface area contributed by atoms with Crippen LogP contribution in [-0.4, -0.2) is 26.9 Å². The van der Waals surface area contributed by atoms with Gasteiger partial charge in [-0.1, -0.05) is 6.07 Å². The molecule has 0 atom stereocenters. The highest BCUT2D eigenvalue weighted by Crippen LogP contribution is 2.25. The molecule has 0 bridgehead atoms. The maximum absolute atomic E-state index is 14.0. The lowest BCUT2D eigenvalue weighted by Gasteiger charge is -2.16. The van der Waals surface area contributed by atoms with E-state index in [1.165, 1.54) is 43.7 Å². The van der Waals surface area contributed by atoms with Crippen molar-refractivity contribution in [1.29, 1.82) is 0 Å². The summed E-state index contributed by atoms with van der Waals surface area (Å²) < 4.78 is 29.0. The summed E-state index contributed by atoms with van der Waals surface area (Å²) in [7, 11) is 0. The number of rotatable bonds is 6. The van der Waals surface area contributed by atoms with E-state index in [0.29, 0.717) is 0 Å². The summed E-state index contributed by atoms with van der Waals surface area (Å²) in [5.41, 5.74) is -1.03. The van der Waals surface area contributed by atoms with Gasteiger partial charge in [-0.2, -0.15) is 8.78 Å². The molecule has 0 aliphatic rings. The number of pyridine rings is 1. The van der Waals surface area contributed by atoms with Crippen molar-refractivity contribution in [3.05, 3.63) is 52.8 Å². The molecule has 2 rings (SSSR count). The third-order valence-electron chi connectivity index (χ3n) is 2.82. The quantitative estimate of drug-likeness (QED) is 0.873. The normalized spacial score (nSPS) is 11.2. The topological polar surface area (TPSA) is 76.9 Å². The van der Waals surface area contributed by atoms with Crippen molar-refractivity contribution < 1.29 is 13.6 Å². The van der Waals surface area contributed by atoms with Crippen LogP contribution in [0, 0.1) is 0 Å². The Morgan fingerprint density at radius 2 is 2.09 bits per heavy atom. The van der Waals surface area contributed by atoms with Gasteiger partial charge in [-0.3, -0.25) is 14.6 Å². The van der Waals surface area contributed by atoms with Gasteiger partial charge in [-0.15, -0.1) is 0 Å². The first-order valence-electron chi connectivity index (χ1n) is 6.48. The predicted molar refractivity (Wildman–Crippen MR) is 75.8 cm³/mol. The molecule has 0 saturated carbocycles. The molecule has 0 aromatic carbocycles. The average Bonchev–Trinajstić information content (AvgIpc) is 2.49. The first kappa shape index (κ1) is 15.7. The van der Waals surface area contributed by atoms with Crippen LogP contribution in [0.1, 0.15) is 12.6 Å². The number of Topliss-reactive ketones (excluding diaryl/α,β-unsaturated/α-hetero) is 1. The molecule has 0 unspecified atom stereocenters. The molecule has 1 N–H and O–H groups in total. The molecule has 0 aliphatic carbocycles. The molecule has 0 saturated heterocycles. The van der Waals surface area contributed by atoms with Crippen molar-refractivity contribution in [2.24, 2.45) is 0 Å². The van der Waals surface area contributed by atoms with Gasteiger partial charge in [0.2, 0.25) is 0 Å². The SMILES string of the molecule is CC(=O)Cn1ccnc(NCC(F)(F)c2ccccn2)c1=O. The van der Waals surface area contributed by atoms with Crippen LogP contribution >= 0.6 is 0 Å². The van der Waals surface area contributed by atoms with E-state index < -0.39 is 23.7 Å². The second-order valence-electron chi connectivity index (χ2n) is 4.68. The highest BCUT2D eigenvalue weighted by molar-refractivity contribution is 5.75. The number of nitrogens with one attached hydrogen (secondary N) is 1. The number of nitrogens with zero attached hydrogens (tertiary/aromatic N) is 3. The summed E-state index contributed by atoms with van der Waals surface area (Å²) >= 11 is 0. The van der Waals surface area contributed by atoms with E-state index in [1.807, 2.05) is 0 Å². The summed E-state index contributed by atoms with van der Waals surface area (Å²) in [4.78, 5) is 30.4. The number of alkyl halides is 2. The second kappa shape index (κ2) is 6.42. The largest absolute Gasteiger partial charge is 0.359 e. The van der Waals surface area contributed by atoms with E-state index in [0.717, 1.165) is 4.57 Å². The van der Waals surface area contributed by atoms with Crippen LogP contribution in [0.5, 0.6) is 0 Å². The van der Waals surface area contributed by atoms with Crippen molar-refractivity contribution in [1.82, 2.24) is 14.5 Å². The number of anilines is 1. The Balaban J connectivity index is 2.15. The molecule has 0 fully saturated rings. The zero-order valence-electron chi connectivity index (χ0n) is 11.8. The third-order valence-corrected chi connectivity index (χ3v) is 2.82. The smallest absolute Gasteiger partial charge is 0.306 e. The van der Waals surface area contributed by atoms with Crippen LogP contribution in [0.15, 0.2) is 41.6 Å². The van der Waals surface area contributed by atoms with Crippen molar-refractivity contribution in [3.63, 3.8) is 0 Å². The maximum Gasteiger partial charge on any atom is 0.306 e. The molecule has 0 spiro atoms. The van der Waals surface area contributed by atoms with Crippen LogP contribution in [0.2, 0.25) is 0 Å². The van der Waals surface area contributed by atoms with Gasteiger partial charge in [0, 0.05) is 18.6 Å². The molecule has 2 aromatic heterocycles. The zero-order valence-corrected chi connectivity index (χ0v) is 11.8. The van der Waals surface area contributed by atoms with Crippen LogP contribution in [0.3, 0.4) is 0 Å². The number of carbonyl (C=O) groups is 1. The van der Waals surface area contributed by atoms with Crippen molar-refractivity contribution in [2.45, 2.75) is 19.4 Å². The number of carbonyl (C=O) groups excluding carboxylic acids is 1. The van der Waals surface area contributed by atoms with Crippen LogP contribution in [-0.2, 0) is 17.3 Å². The van der Waals surface area contributed by atoms with Crippen LogP contribution in [0.4, 0.5) is 14.6 Å². The van der Waals surface area contributed by atoms with Crippen molar-refractivity contribution in [3.8, 4) is 0 Å². The minimum absolute atomic E-state index is 0.132. The monoisotopic (exact) mass is 308 g/mol. The fraction of sp³-hybridized carbons (Fsp3) is 0.286. The van der Waals surface area contributed by atoms with Gasteiger partial charge in [0.1, 0.15) is 11.5 Å². The number of hydrogen-bond donors (Lipinski definition) is 1. The maximum atomic E-state index is 14.0. The van der Waals surface area contributed by atoms with Gasteiger partial charge in [0.15, 0.2) is 5.82 Å². The van der Waals surface area contributed by atoms with Gasteiger partial charge in [0.05, 0.1) is 13.1 Å². The molecule has 22 heavy (non-hydrogen) atoms. The molecule has 6 nitrogen and oxygen atoms in total. The first-order valence-corrected chi connectivity index (χ1v) is 6.48. The molecule has 2 heterocycles. The number of ketones is 1. The molecular weight excluding hydrogens is 294 g/mol. The Hall–Kier alpha value is -2.64.